The van der Waals surface area contributed by atoms with Gasteiger partial charge in [0.2, 0.25) is 5.95 Å². The summed E-state index contributed by atoms with van der Waals surface area (Å²) in [6, 6.07) is 0. The van der Waals surface area contributed by atoms with Crippen molar-refractivity contribution in [3.63, 3.8) is 0 Å². The van der Waals surface area contributed by atoms with E-state index in [1.54, 1.807) is 0 Å². The lowest BCUT2D eigenvalue weighted by Gasteiger charge is -2.20. The predicted molar refractivity (Wildman–Crippen MR) is 80.5 cm³/mol. The van der Waals surface area contributed by atoms with E-state index in [9.17, 15) is 0 Å². The van der Waals surface area contributed by atoms with Crippen LogP contribution in [0.3, 0.4) is 0 Å². The van der Waals surface area contributed by atoms with Crippen molar-refractivity contribution in [3.8, 4) is 0 Å². The molecule has 1 unspecified atom stereocenters. The Kier molecular flexibility index (Phi) is 5.02. The highest BCUT2D eigenvalue weighted by Gasteiger charge is 2.15. The molecule has 0 bridgehead atoms. The van der Waals surface area contributed by atoms with E-state index in [2.05, 4.69) is 39.5 Å². The Bertz CT molecular complexity index is 404. The standard InChI is InChI=1S/C15H26N4/c1-4-7-19-12-14(3)17-15(19)16-10-13(2)11-18-8-5-6-9-18/h4,12-13H,1,5-11H2,2-3H3,(H,16,17). The molecule has 1 aromatic rings. The van der Waals surface area contributed by atoms with Crippen LogP contribution in [0.1, 0.15) is 25.5 Å². The van der Waals surface area contributed by atoms with Gasteiger partial charge in [-0.2, -0.15) is 0 Å². The number of imidazole rings is 1. The van der Waals surface area contributed by atoms with Gasteiger partial charge in [-0.1, -0.05) is 13.0 Å². The van der Waals surface area contributed by atoms with Crippen LogP contribution in [0.25, 0.3) is 0 Å². The first-order valence-corrected chi connectivity index (χ1v) is 7.30. The maximum Gasteiger partial charge on any atom is 0.203 e. The molecule has 0 aliphatic carbocycles. The van der Waals surface area contributed by atoms with Crippen molar-refractivity contribution in [2.75, 3.05) is 31.5 Å². The van der Waals surface area contributed by atoms with E-state index < -0.39 is 0 Å². The van der Waals surface area contributed by atoms with Gasteiger partial charge in [0.15, 0.2) is 0 Å². The van der Waals surface area contributed by atoms with Crippen molar-refractivity contribution in [1.82, 2.24) is 14.5 Å². The summed E-state index contributed by atoms with van der Waals surface area (Å²) in [7, 11) is 0. The lowest BCUT2D eigenvalue weighted by molar-refractivity contribution is 0.294. The molecule has 19 heavy (non-hydrogen) atoms. The van der Waals surface area contributed by atoms with Crippen LogP contribution in [-0.4, -0.2) is 40.6 Å². The maximum atomic E-state index is 4.52. The van der Waals surface area contributed by atoms with E-state index in [4.69, 9.17) is 0 Å². The van der Waals surface area contributed by atoms with E-state index in [-0.39, 0.29) is 0 Å². The predicted octanol–water partition coefficient (Wildman–Crippen LogP) is 2.52. The highest BCUT2D eigenvalue weighted by molar-refractivity contribution is 5.29. The van der Waals surface area contributed by atoms with Gasteiger partial charge >= 0.3 is 0 Å². The van der Waals surface area contributed by atoms with Crippen LogP contribution < -0.4 is 5.32 Å². The van der Waals surface area contributed by atoms with Crippen molar-refractivity contribution < 1.29 is 0 Å². The number of likely N-dealkylation sites (tertiary alicyclic amines) is 1. The number of hydrogen-bond donors (Lipinski definition) is 1. The summed E-state index contributed by atoms with van der Waals surface area (Å²) < 4.78 is 2.12. The van der Waals surface area contributed by atoms with E-state index >= 15 is 0 Å². The van der Waals surface area contributed by atoms with Crippen LogP contribution in [0.5, 0.6) is 0 Å². The summed E-state index contributed by atoms with van der Waals surface area (Å²) in [4.78, 5) is 7.09. The lowest BCUT2D eigenvalue weighted by atomic mass is 10.1. The number of allylic oxidation sites excluding steroid dienone is 1. The van der Waals surface area contributed by atoms with Gasteiger partial charge in [0.1, 0.15) is 0 Å². The number of rotatable bonds is 7. The third-order valence-electron chi connectivity index (χ3n) is 3.60. The average Bonchev–Trinajstić information content (AvgIpc) is 2.97. The molecule has 2 rings (SSSR count). The molecule has 0 radical (unpaired) electrons. The largest absolute Gasteiger partial charge is 0.355 e. The Morgan fingerprint density at radius 3 is 2.89 bits per heavy atom. The molecule has 0 amide bonds. The zero-order chi connectivity index (χ0) is 13.7. The SMILES string of the molecule is C=CCn1cc(C)nc1NCC(C)CN1CCCC1. The zero-order valence-electron chi connectivity index (χ0n) is 12.2. The Morgan fingerprint density at radius 2 is 2.21 bits per heavy atom. The van der Waals surface area contributed by atoms with Gasteiger partial charge < -0.3 is 14.8 Å². The smallest absolute Gasteiger partial charge is 0.203 e. The molecule has 1 fully saturated rings. The van der Waals surface area contributed by atoms with Crippen LogP contribution in [0.2, 0.25) is 0 Å². The summed E-state index contributed by atoms with van der Waals surface area (Å²) in [5.41, 5.74) is 1.05. The van der Waals surface area contributed by atoms with Gasteiger partial charge in [-0.3, -0.25) is 0 Å². The van der Waals surface area contributed by atoms with E-state index in [0.29, 0.717) is 5.92 Å². The summed E-state index contributed by atoms with van der Waals surface area (Å²) in [6.07, 6.45) is 6.70. The molecule has 1 saturated heterocycles. The maximum absolute atomic E-state index is 4.52. The van der Waals surface area contributed by atoms with Crippen molar-refractivity contribution in [3.05, 3.63) is 24.5 Å². The fraction of sp³-hybridized carbons (Fsp3) is 0.667. The number of aryl methyl sites for hydroxylation is 1. The quantitative estimate of drug-likeness (QED) is 0.767. The Balaban J connectivity index is 1.81. The fourth-order valence-electron chi connectivity index (χ4n) is 2.70. The lowest BCUT2D eigenvalue weighted by Crippen LogP contribution is -2.29. The third kappa shape index (κ3) is 4.10. The van der Waals surface area contributed by atoms with Crippen molar-refractivity contribution in [2.45, 2.75) is 33.2 Å². The summed E-state index contributed by atoms with van der Waals surface area (Å²) in [5, 5.41) is 3.47. The van der Waals surface area contributed by atoms with Gasteiger partial charge in [0, 0.05) is 25.8 Å². The molecular weight excluding hydrogens is 236 g/mol. The molecule has 4 nitrogen and oxygen atoms in total. The fourth-order valence-corrected chi connectivity index (χ4v) is 2.70. The van der Waals surface area contributed by atoms with Gasteiger partial charge in [-0.05, 0) is 38.8 Å². The number of nitrogens with one attached hydrogen (secondary N) is 1. The molecule has 1 aromatic heterocycles. The molecule has 1 aliphatic rings. The topological polar surface area (TPSA) is 33.1 Å². The van der Waals surface area contributed by atoms with Crippen LogP contribution in [-0.2, 0) is 6.54 Å². The summed E-state index contributed by atoms with van der Waals surface area (Å²) in [6.45, 7) is 13.6. The normalized spacial score (nSPS) is 17.6. The first-order chi connectivity index (χ1) is 9.19. The number of nitrogens with zero attached hydrogens (tertiary/aromatic N) is 3. The Morgan fingerprint density at radius 1 is 1.47 bits per heavy atom. The molecule has 1 N–H and O–H groups in total. The molecule has 1 atom stereocenters. The molecule has 4 heteroatoms. The van der Waals surface area contributed by atoms with Crippen LogP contribution in [0, 0.1) is 12.8 Å². The molecule has 0 aromatic carbocycles. The molecule has 0 saturated carbocycles. The van der Waals surface area contributed by atoms with Crippen LogP contribution in [0.15, 0.2) is 18.9 Å². The molecule has 2 heterocycles. The van der Waals surface area contributed by atoms with Gasteiger partial charge in [-0.25, -0.2) is 4.98 Å². The monoisotopic (exact) mass is 262 g/mol. The Labute approximate surface area is 116 Å². The highest BCUT2D eigenvalue weighted by Crippen LogP contribution is 2.12. The molecule has 0 spiro atoms. The minimum Gasteiger partial charge on any atom is -0.355 e. The van der Waals surface area contributed by atoms with Gasteiger partial charge in [0.25, 0.3) is 0 Å². The highest BCUT2D eigenvalue weighted by atomic mass is 15.2. The second-order valence-corrected chi connectivity index (χ2v) is 5.64. The minimum absolute atomic E-state index is 0.646. The number of aromatic nitrogens is 2. The van der Waals surface area contributed by atoms with Crippen LogP contribution in [0.4, 0.5) is 5.95 Å². The van der Waals surface area contributed by atoms with E-state index in [1.807, 2.05) is 13.0 Å². The summed E-state index contributed by atoms with van der Waals surface area (Å²) in [5.74, 6) is 1.61. The second kappa shape index (κ2) is 6.75. The Hall–Kier alpha value is -1.29. The zero-order valence-corrected chi connectivity index (χ0v) is 12.2. The minimum atomic E-state index is 0.646. The molecule has 1 aliphatic heterocycles. The molecular formula is C15H26N4. The number of hydrogen-bond acceptors (Lipinski definition) is 3. The first kappa shape index (κ1) is 14.1. The second-order valence-electron chi connectivity index (χ2n) is 5.64. The third-order valence-corrected chi connectivity index (χ3v) is 3.60. The number of anilines is 1. The molecule has 106 valence electrons. The van der Waals surface area contributed by atoms with Crippen molar-refractivity contribution in [2.24, 2.45) is 5.92 Å². The van der Waals surface area contributed by atoms with Crippen LogP contribution >= 0.6 is 0 Å². The van der Waals surface area contributed by atoms with E-state index in [1.165, 1.54) is 32.5 Å². The summed E-state index contributed by atoms with van der Waals surface area (Å²) >= 11 is 0. The van der Waals surface area contributed by atoms with Crippen molar-refractivity contribution >= 4 is 5.95 Å². The van der Waals surface area contributed by atoms with Gasteiger partial charge in [0.05, 0.1) is 5.69 Å². The average molecular weight is 262 g/mol. The van der Waals surface area contributed by atoms with E-state index in [0.717, 1.165) is 24.7 Å². The van der Waals surface area contributed by atoms with Crippen molar-refractivity contribution in [1.29, 1.82) is 0 Å². The van der Waals surface area contributed by atoms with Gasteiger partial charge in [-0.15, -0.1) is 6.58 Å². The first-order valence-electron chi connectivity index (χ1n) is 7.30.